The second kappa shape index (κ2) is 6.22. The lowest BCUT2D eigenvalue weighted by Gasteiger charge is -2.11. The lowest BCUT2D eigenvalue weighted by atomic mass is 10.0. The van der Waals surface area contributed by atoms with Crippen LogP contribution in [0.3, 0.4) is 0 Å². The van der Waals surface area contributed by atoms with Crippen LogP contribution in [0.25, 0.3) is 0 Å². The van der Waals surface area contributed by atoms with E-state index in [0.29, 0.717) is 17.9 Å². The minimum absolute atomic E-state index is 0.444. The molecule has 2 aromatic rings. The van der Waals surface area contributed by atoms with Gasteiger partial charge in [0, 0.05) is 30.6 Å². The lowest BCUT2D eigenvalue weighted by Crippen LogP contribution is -2.16. The fraction of sp³-hybridized carbons (Fsp3) is 0.400. The van der Waals surface area contributed by atoms with Crippen molar-refractivity contribution in [3.8, 4) is 0 Å². The Balaban J connectivity index is 2.03. The van der Waals surface area contributed by atoms with Gasteiger partial charge in [0.15, 0.2) is 0 Å². The number of aryl methyl sites for hydroxylation is 2. The fourth-order valence-electron chi connectivity index (χ4n) is 2.17. The lowest BCUT2D eigenvalue weighted by molar-refractivity contribution is 0.173. The van der Waals surface area contributed by atoms with Crippen LogP contribution in [0, 0.1) is 0 Å². The topological polar surface area (TPSA) is 38.0 Å². The van der Waals surface area contributed by atoms with Gasteiger partial charge in [0.25, 0.3) is 0 Å². The molecule has 1 unspecified atom stereocenters. The van der Waals surface area contributed by atoms with Crippen molar-refractivity contribution in [2.45, 2.75) is 32.3 Å². The Morgan fingerprint density at radius 3 is 2.68 bits per heavy atom. The summed E-state index contributed by atoms with van der Waals surface area (Å²) in [4.78, 5) is 0. The van der Waals surface area contributed by atoms with Crippen LogP contribution < -0.4 is 0 Å². The molecule has 0 radical (unpaired) electrons. The van der Waals surface area contributed by atoms with E-state index in [4.69, 9.17) is 11.6 Å². The summed E-state index contributed by atoms with van der Waals surface area (Å²) < 4.78 is 1.84. The molecule has 2 rings (SSSR count). The van der Waals surface area contributed by atoms with Crippen LogP contribution in [0.2, 0.25) is 5.02 Å². The maximum atomic E-state index is 10.2. The zero-order valence-corrected chi connectivity index (χ0v) is 12.1. The van der Waals surface area contributed by atoms with Gasteiger partial charge in [0.2, 0.25) is 0 Å². The van der Waals surface area contributed by atoms with E-state index in [9.17, 15) is 5.11 Å². The molecule has 0 saturated heterocycles. The maximum absolute atomic E-state index is 10.2. The number of hydrogen-bond acceptors (Lipinski definition) is 2. The third-order valence-corrected chi connectivity index (χ3v) is 3.62. The minimum Gasteiger partial charge on any atom is -0.392 e. The molecule has 1 N–H and O–H groups in total. The van der Waals surface area contributed by atoms with Crippen LogP contribution in [0.4, 0.5) is 0 Å². The molecule has 1 heterocycles. The third kappa shape index (κ3) is 3.58. The average molecular weight is 279 g/mol. The molecule has 1 aromatic heterocycles. The predicted octanol–water partition coefficient (Wildman–Crippen LogP) is 2.78. The Bertz CT molecular complexity index is 551. The summed E-state index contributed by atoms with van der Waals surface area (Å²) in [5.74, 6) is 0. The van der Waals surface area contributed by atoms with Crippen LogP contribution >= 0.6 is 11.6 Å². The molecule has 102 valence electrons. The molecule has 0 aliphatic carbocycles. The van der Waals surface area contributed by atoms with Crippen molar-refractivity contribution in [2.24, 2.45) is 7.05 Å². The van der Waals surface area contributed by atoms with E-state index in [1.54, 1.807) is 0 Å². The van der Waals surface area contributed by atoms with Crippen molar-refractivity contribution in [1.82, 2.24) is 9.78 Å². The first-order valence-corrected chi connectivity index (χ1v) is 6.91. The van der Waals surface area contributed by atoms with Crippen LogP contribution in [-0.2, 0) is 26.3 Å². The maximum Gasteiger partial charge on any atom is 0.0636 e. The normalized spacial score (nSPS) is 12.6. The van der Waals surface area contributed by atoms with Crippen molar-refractivity contribution in [3.63, 3.8) is 0 Å². The standard InChI is InChI=1S/C15H19ClN2O/c1-3-12-9-13(18(2)17-12)10-14(19)8-11-6-4-5-7-15(11)16/h4-7,9,14,19H,3,8,10H2,1-2H3. The van der Waals surface area contributed by atoms with E-state index < -0.39 is 6.10 Å². The molecular weight excluding hydrogens is 260 g/mol. The molecule has 1 atom stereocenters. The van der Waals surface area contributed by atoms with Crippen LogP contribution in [-0.4, -0.2) is 21.0 Å². The molecule has 0 spiro atoms. The van der Waals surface area contributed by atoms with Gasteiger partial charge in [-0.1, -0.05) is 36.7 Å². The van der Waals surface area contributed by atoms with Crippen LogP contribution in [0.5, 0.6) is 0 Å². The fourth-order valence-corrected chi connectivity index (χ4v) is 2.38. The number of aliphatic hydroxyl groups excluding tert-OH is 1. The van der Waals surface area contributed by atoms with Crippen LogP contribution in [0.15, 0.2) is 30.3 Å². The Morgan fingerprint density at radius 2 is 2.05 bits per heavy atom. The van der Waals surface area contributed by atoms with Gasteiger partial charge in [-0.15, -0.1) is 0 Å². The number of rotatable bonds is 5. The first-order chi connectivity index (χ1) is 9.10. The summed E-state index contributed by atoms with van der Waals surface area (Å²) in [6.07, 6.45) is 1.62. The quantitative estimate of drug-likeness (QED) is 0.913. The largest absolute Gasteiger partial charge is 0.392 e. The van der Waals surface area contributed by atoms with E-state index in [-0.39, 0.29) is 0 Å². The highest BCUT2D eigenvalue weighted by Gasteiger charge is 2.12. The zero-order valence-electron chi connectivity index (χ0n) is 11.3. The summed E-state index contributed by atoms with van der Waals surface area (Å²) in [7, 11) is 1.91. The highest BCUT2D eigenvalue weighted by atomic mass is 35.5. The van der Waals surface area contributed by atoms with E-state index in [1.165, 1.54) is 0 Å². The monoisotopic (exact) mass is 278 g/mol. The first kappa shape index (κ1) is 14.1. The van der Waals surface area contributed by atoms with Gasteiger partial charge in [-0.3, -0.25) is 4.68 Å². The third-order valence-electron chi connectivity index (χ3n) is 3.25. The van der Waals surface area contributed by atoms with E-state index in [0.717, 1.165) is 23.4 Å². The second-order valence-electron chi connectivity index (χ2n) is 4.76. The number of hydrogen-bond donors (Lipinski definition) is 1. The average Bonchev–Trinajstić information content (AvgIpc) is 2.73. The molecule has 19 heavy (non-hydrogen) atoms. The highest BCUT2D eigenvalue weighted by Crippen LogP contribution is 2.18. The number of halogens is 1. The molecule has 0 aliphatic heterocycles. The number of benzene rings is 1. The van der Waals surface area contributed by atoms with Gasteiger partial charge in [-0.05, 0) is 24.1 Å². The molecule has 0 saturated carbocycles. The van der Waals surface area contributed by atoms with Crippen molar-refractivity contribution < 1.29 is 5.11 Å². The van der Waals surface area contributed by atoms with Gasteiger partial charge in [-0.2, -0.15) is 5.10 Å². The summed E-state index contributed by atoms with van der Waals surface area (Å²) in [6, 6.07) is 9.69. The summed E-state index contributed by atoms with van der Waals surface area (Å²) in [6.45, 7) is 2.08. The Labute approximate surface area is 118 Å². The van der Waals surface area contributed by atoms with Crippen molar-refractivity contribution >= 4 is 11.6 Å². The Kier molecular flexibility index (Phi) is 4.61. The number of nitrogens with zero attached hydrogens (tertiary/aromatic N) is 2. The molecule has 1 aromatic carbocycles. The smallest absolute Gasteiger partial charge is 0.0636 e. The molecule has 0 fully saturated rings. The van der Waals surface area contributed by atoms with E-state index >= 15 is 0 Å². The Hall–Kier alpha value is -1.32. The first-order valence-electron chi connectivity index (χ1n) is 6.53. The van der Waals surface area contributed by atoms with Crippen molar-refractivity contribution in [1.29, 1.82) is 0 Å². The molecule has 0 bridgehead atoms. The summed E-state index contributed by atoms with van der Waals surface area (Å²) >= 11 is 6.10. The second-order valence-corrected chi connectivity index (χ2v) is 5.16. The number of aromatic nitrogens is 2. The molecule has 0 amide bonds. The van der Waals surface area contributed by atoms with Gasteiger partial charge >= 0.3 is 0 Å². The molecule has 3 nitrogen and oxygen atoms in total. The van der Waals surface area contributed by atoms with Gasteiger partial charge in [0.05, 0.1) is 11.8 Å². The summed E-state index contributed by atoms with van der Waals surface area (Å²) in [5, 5.41) is 15.3. The van der Waals surface area contributed by atoms with Gasteiger partial charge < -0.3 is 5.11 Å². The van der Waals surface area contributed by atoms with Crippen molar-refractivity contribution in [2.75, 3.05) is 0 Å². The molecular formula is C15H19ClN2O. The van der Waals surface area contributed by atoms with Crippen LogP contribution in [0.1, 0.15) is 23.9 Å². The van der Waals surface area contributed by atoms with Gasteiger partial charge in [0.1, 0.15) is 0 Å². The van der Waals surface area contributed by atoms with E-state index in [2.05, 4.69) is 18.1 Å². The molecule has 0 aliphatic rings. The predicted molar refractivity (Wildman–Crippen MR) is 77.5 cm³/mol. The molecule has 4 heteroatoms. The summed E-state index contributed by atoms with van der Waals surface area (Å²) in [5.41, 5.74) is 3.09. The highest BCUT2D eigenvalue weighted by molar-refractivity contribution is 6.31. The van der Waals surface area contributed by atoms with Crippen molar-refractivity contribution in [3.05, 3.63) is 52.3 Å². The number of aliphatic hydroxyl groups is 1. The van der Waals surface area contributed by atoms with E-state index in [1.807, 2.05) is 36.0 Å². The minimum atomic E-state index is -0.444. The Morgan fingerprint density at radius 1 is 1.32 bits per heavy atom. The van der Waals surface area contributed by atoms with Gasteiger partial charge in [-0.25, -0.2) is 0 Å². The zero-order chi connectivity index (χ0) is 13.8. The SMILES string of the molecule is CCc1cc(CC(O)Cc2ccccc2Cl)n(C)n1.